The van der Waals surface area contributed by atoms with E-state index >= 15 is 0 Å². The summed E-state index contributed by atoms with van der Waals surface area (Å²) < 4.78 is 12.9. The monoisotopic (exact) mass is 342 g/mol. The number of hydrogen-bond acceptors (Lipinski definition) is 4. The molecule has 0 atom stereocenters. The van der Waals surface area contributed by atoms with Crippen LogP contribution in [0.3, 0.4) is 0 Å². The summed E-state index contributed by atoms with van der Waals surface area (Å²) in [5, 5.41) is 12.9. The molecule has 0 aliphatic carbocycles. The fourth-order valence-electron chi connectivity index (χ4n) is 2.08. The first-order valence-corrected chi connectivity index (χ1v) is 8.11. The van der Waals surface area contributed by atoms with E-state index in [9.17, 15) is 9.18 Å². The predicted octanol–water partition coefficient (Wildman–Crippen LogP) is 3.33. The zero-order chi connectivity index (χ0) is 16.9. The molecule has 1 aromatic heterocycles. The molecule has 2 aromatic carbocycles. The lowest BCUT2D eigenvalue weighted by Gasteiger charge is -2.06. The Morgan fingerprint density at radius 3 is 2.29 bits per heavy atom. The fraction of sp³-hybridized carbons (Fsp3) is 0.118. The smallest absolute Gasteiger partial charge is 0.274 e. The second kappa shape index (κ2) is 7.27. The Kier molecular flexibility index (Phi) is 4.90. The summed E-state index contributed by atoms with van der Waals surface area (Å²) in [6.45, 7) is 2.13. The molecule has 3 aromatic rings. The van der Waals surface area contributed by atoms with Crippen LogP contribution >= 0.6 is 11.8 Å². The minimum atomic E-state index is -0.258. The first-order chi connectivity index (χ1) is 11.6. The molecular weight excluding hydrogens is 327 g/mol. The lowest BCUT2D eigenvalue weighted by molar-refractivity contribution is 0.0945. The quantitative estimate of drug-likeness (QED) is 0.746. The van der Waals surface area contributed by atoms with Gasteiger partial charge in [0.05, 0.1) is 5.69 Å². The molecule has 0 bridgehead atoms. The van der Waals surface area contributed by atoms with Crippen LogP contribution in [0, 0.1) is 12.7 Å². The van der Waals surface area contributed by atoms with E-state index in [2.05, 4.69) is 20.7 Å². The van der Waals surface area contributed by atoms with E-state index in [1.165, 1.54) is 12.1 Å². The first kappa shape index (κ1) is 16.2. The number of rotatable bonds is 5. The van der Waals surface area contributed by atoms with Crippen LogP contribution in [0.5, 0.6) is 0 Å². The number of aromatic amines is 1. The maximum Gasteiger partial charge on any atom is 0.274 e. The Morgan fingerprint density at radius 2 is 1.71 bits per heavy atom. The van der Waals surface area contributed by atoms with Gasteiger partial charge >= 0.3 is 0 Å². The van der Waals surface area contributed by atoms with Crippen LogP contribution in [0.1, 0.15) is 21.7 Å². The summed E-state index contributed by atoms with van der Waals surface area (Å²) in [5.74, 6) is -0.501. The molecule has 1 heterocycles. The van der Waals surface area contributed by atoms with Crippen molar-refractivity contribution < 1.29 is 9.18 Å². The summed E-state index contributed by atoms with van der Waals surface area (Å²) in [5.41, 5.74) is 1.85. The van der Waals surface area contributed by atoms with Crippen molar-refractivity contribution in [1.82, 2.24) is 20.7 Å². The molecule has 5 nitrogen and oxygen atoms in total. The standard InChI is InChI=1S/C17H15FN4OS/c1-11-16(21-22-20-11)17(23)19-10-12-2-6-14(7-3-12)24-15-8-4-13(18)5-9-15/h2-9H,10H2,1H3,(H,19,23)(H,20,21,22). The van der Waals surface area contributed by atoms with Crippen molar-refractivity contribution in [1.29, 1.82) is 0 Å². The van der Waals surface area contributed by atoms with Gasteiger partial charge in [0.25, 0.3) is 5.91 Å². The molecule has 0 radical (unpaired) electrons. The van der Waals surface area contributed by atoms with Crippen molar-refractivity contribution in [2.24, 2.45) is 0 Å². The van der Waals surface area contributed by atoms with Gasteiger partial charge in [0, 0.05) is 16.3 Å². The van der Waals surface area contributed by atoms with E-state index < -0.39 is 0 Å². The fourth-order valence-corrected chi connectivity index (χ4v) is 2.90. The molecule has 7 heteroatoms. The minimum absolute atomic E-state index is 0.243. The van der Waals surface area contributed by atoms with Crippen molar-refractivity contribution in [3.8, 4) is 0 Å². The number of amides is 1. The molecule has 0 aliphatic heterocycles. The number of nitrogens with zero attached hydrogens (tertiary/aromatic N) is 2. The van der Waals surface area contributed by atoms with Gasteiger partial charge in [-0.1, -0.05) is 23.9 Å². The molecule has 24 heavy (non-hydrogen) atoms. The Hall–Kier alpha value is -2.67. The van der Waals surface area contributed by atoms with Gasteiger partial charge in [-0.3, -0.25) is 4.79 Å². The van der Waals surface area contributed by atoms with Gasteiger partial charge in [0.15, 0.2) is 5.69 Å². The highest BCUT2D eigenvalue weighted by atomic mass is 32.2. The average Bonchev–Trinajstić information content (AvgIpc) is 3.02. The van der Waals surface area contributed by atoms with Gasteiger partial charge in [-0.15, -0.1) is 0 Å². The van der Waals surface area contributed by atoms with Crippen LogP contribution in [0.4, 0.5) is 4.39 Å². The van der Waals surface area contributed by atoms with Crippen molar-refractivity contribution in [2.75, 3.05) is 0 Å². The van der Waals surface area contributed by atoms with Crippen LogP contribution in [0.25, 0.3) is 0 Å². The summed E-state index contributed by atoms with van der Waals surface area (Å²) >= 11 is 1.55. The number of nitrogens with one attached hydrogen (secondary N) is 2. The topological polar surface area (TPSA) is 70.7 Å². The number of carbonyl (C=O) groups excluding carboxylic acids is 1. The normalized spacial score (nSPS) is 10.6. The highest BCUT2D eigenvalue weighted by Gasteiger charge is 2.12. The summed E-state index contributed by atoms with van der Waals surface area (Å²) in [6, 6.07) is 14.2. The SMILES string of the molecule is Cc1n[nH]nc1C(=O)NCc1ccc(Sc2ccc(F)cc2)cc1. The van der Waals surface area contributed by atoms with Crippen LogP contribution in [0.2, 0.25) is 0 Å². The third-order valence-electron chi connectivity index (χ3n) is 3.36. The van der Waals surface area contributed by atoms with E-state index in [-0.39, 0.29) is 11.7 Å². The highest BCUT2D eigenvalue weighted by molar-refractivity contribution is 7.99. The van der Waals surface area contributed by atoms with Crippen LogP contribution in [-0.4, -0.2) is 21.3 Å². The maximum atomic E-state index is 12.9. The third kappa shape index (κ3) is 3.99. The minimum Gasteiger partial charge on any atom is -0.347 e. The number of hydrogen-bond donors (Lipinski definition) is 2. The predicted molar refractivity (Wildman–Crippen MR) is 89.3 cm³/mol. The zero-order valence-corrected chi connectivity index (χ0v) is 13.7. The lowest BCUT2D eigenvalue weighted by Crippen LogP contribution is -2.23. The average molecular weight is 342 g/mol. The summed E-state index contributed by atoms with van der Waals surface area (Å²) in [6.07, 6.45) is 0. The Balaban J connectivity index is 1.57. The molecular formula is C17H15FN4OS. The second-order valence-electron chi connectivity index (χ2n) is 5.14. The number of aryl methyl sites for hydroxylation is 1. The number of benzene rings is 2. The summed E-state index contributed by atoms with van der Waals surface area (Å²) in [7, 11) is 0. The number of H-pyrrole nitrogens is 1. The van der Waals surface area contributed by atoms with E-state index in [1.54, 1.807) is 30.8 Å². The molecule has 0 aliphatic rings. The maximum absolute atomic E-state index is 12.9. The molecule has 3 rings (SSSR count). The number of aromatic nitrogens is 3. The van der Waals surface area contributed by atoms with Crippen molar-refractivity contribution in [3.63, 3.8) is 0 Å². The van der Waals surface area contributed by atoms with Gasteiger partial charge in [-0.2, -0.15) is 15.4 Å². The second-order valence-corrected chi connectivity index (χ2v) is 6.29. The molecule has 2 N–H and O–H groups in total. The largest absolute Gasteiger partial charge is 0.347 e. The Labute approximate surface area is 142 Å². The summed E-state index contributed by atoms with van der Waals surface area (Å²) in [4.78, 5) is 14.0. The third-order valence-corrected chi connectivity index (χ3v) is 4.38. The molecule has 0 unspecified atom stereocenters. The van der Waals surface area contributed by atoms with Crippen LogP contribution < -0.4 is 5.32 Å². The van der Waals surface area contributed by atoms with Gasteiger partial charge in [-0.25, -0.2) is 4.39 Å². The van der Waals surface area contributed by atoms with Gasteiger partial charge in [-0.05, 0) is 48.9 Å². The number of halogens is 1. The van der Waals surface area contributed by atoms with Gasteiger partial charge in [0.1, 0.15) is 5.82 Å². The van der Waals surface area contributed by atoms with Gasteiger partial charge < -0.3 is 5.32 Å². The molecule has 0 spiro atoms. The molecule has 0 saturated heterocycles. The van der Waals surface area contributed by atoms with Crippen LogP contribution in [-0.2, 0) is 6.54 Å². The van der Waals surface area contributed by atoms with E-state index in [0.29, 0.717) is 17.9 Å². The molecule has 122 valence electrons. The van der Waals surface area contributed by atoms with Gasteiger partial charge in [0.2, 0.25) is 0 Å². The van der Waals surface area contributed by atoms with Crippen molar-refractivity contribution in [3.05, 3.63) is 71.3 Å². The van der Waals surface area contributed by atoms with E-state index in [4.69, 9.17) is 0 Å². The van der Waals surface area contributed by atoms with Crippen molar-refractivity contribution >= 4 is 17.7 Å². The lowest BCUT2D eigenvalue weighted by atomic mass is 10.2. The van der Waals surface area contributed by atoms with E-state index in [0.717, 1.165) is 15.4 Å². The number of carbonyl (C=O) groups is 1. The zero-order valence-electron chi connectivity index (χ0n) is 12.9. The Bertz CT molecular complexity index is 831. The molecule has 0 saturated carbocycles. The molecule has 1 amide bonds. The molecule has 0 fully saturated rings. The highest BCUT2D eigenvalue weighted by Crippen LogP contribution is 2.27. The van der Waals surface area contributed by atoms with Crippen LogP contribution in [0.15, 0.2) is 58.3 Å². The van der Waals surface area contributed by atoms with Crippen molar-refractivity contribution in [2.45, 2.75) is 23.3 Å². The van der Waals surface area contributed by atoms with E-state index in [1.807, 2.05) is 24.3 Å². The Morgan fingerprint density at radius 1 is 1.08 bits per heavy atom. The first-order valence-electron chi connectivity index (χ1n) is 7.30.